The van der Waals surface area contributed by atoms with Crippen LogP contribution in [0, 0.1) is 25.5 Å². The van der Waals surface area contributed by atoms with Gasteiger partial charge in [-0.15, -0.1) is 0 Å². The molecule has 1 heterocycles. The van der Waals surface area contributed by atoms with Crippen LogP contribution in [0.2, 0.25) is 0 Å². The highest BCUT2D eigenvalue weighted by Gasteiger charge is 2.08. The Morgan fingerprint density at radius 3 is 2.18 bits per heavy atom. The predicted molar refractivity (Wildman–Crippen MR) is 84.5 cm³/mol. The summed E-state index contributed by atoms with van der Waals surface area (Å²) in [6.45, 7) is 3.57. The number of nitrogens with zero attached hydrogens (tertiary/aromatic N) is 1. The van der Waals surface area contributed by atoms with Crippen molar-refractivity contribution < 1.29 is 8.78 Å². The first-order chi connectivity index (χ1) is 10.5. The van der Waals surface area contributed by atoms with Crippen molar-refractivity contribution in [3.05, 3.63) is 77.5 Å². The maximum absolute atomic E-state index is 14.0. The second-order valence-electron chi connectivity index (χ2n) is 5.38. The molecule has 1 nitrogen and oxygen atoms in total. The van der Waals surface area contributed by atoms with Crippen LogP contribution in [0.25, 0.3) is 22.4 Å². The first-order valence-electron chi connectivity index (χ1n) is 7.04. The van der Waals surface area contributed by atoms with Gasteiger partial charge in [0.1, 0.15) is 11.6 Å². The van der Waals surface area contributed by atoms with E-state index in [1.54, 1.807) is 31.3 Å². The maximum Gasteiger partial charge on any atom is 0.132 e. The lowest BCUT2D eigenvalue weighted by atomic mass is 10.0. The molecule has 110 valence electrons. The Hall–Kier alpha value is -2.55. The van der Waals surface area contributed by atoms with E-state index < -0.39 is 0 Å². The van der Waals surface area contributed by atoms with E-state index in [0.717, 1.165) is 16.7 Å². The molecule has 0 saturated carbocycles. The molecule has 0 fully saturated rings. The van der Waals surface area contributed by atoms with Crippen LogP contribution in [-0.2, 0) is 0 Å². The fourth-order valence-electron chi connectivity index (χ4n) is 2.32. The molecule has 2 aromatic carbocycles. The molecule has 0 atom stereocenters. The standard InChI is InChI=1S/C19H15F2N/c1-12-3-7-16(18(21)9-12)19-8-6-15(11-22-19)14-5-4-13(2)17(20)10-14/h3-11H,1-2H3. The smallest absolute Gasteiger partial charge is 0.132 e. The van der Waals surface area contributed by atoms with E-state index in [0.29, 0.717) is 16.8 Å². The SMILES string of the molecule is Cc1ccc(-c2ccc(-c3ccc(C)c(F)c3)cn2)c(F)c1. The van der Waals surface area contributed by atoms with Crippen LogP contribution in [0.1, 0.15) is 11.1 Å². The molecule has 0 saturated heterocycles. The molecule has 22 heavy (non-hydrogen) atoms. The first kappa shape index (κ1) is 14.4. The van der Waals surface area contributed by atoms with Gasteiger partial charge in [0.05, 0.1) is 5.69 Å². The first-order valence-corrected chi connectivity index (χ1v) is 7.04. The fraction of sp³-hybridized carbons (Fsp3) is 0.105. The van der Waals surface area contributed by atoms with Crippen molar-refractivity contribution in [2.45, 2.75) is 13.8 Å². The van der Waals surface area contributed by atoms with Crippen LogP contribution in [0.15, 0.2) is 54.7 Å². The van der Waals surface area contributed by atoms with Crippen LogP contribution in [0.3, 0.4) is 0 Å². The fourth-order valence-corrected chi connectivity index (χ4v) is 2.32. The van der Waals surface area contributed by atoms with Crippen molar-refractivity contribution in [2.75, 3.05) is 0 Å². The van der Waals surface area contributed by atoms with Crippen molar-refractivity contribution in [3.8, 4) is 22.4 Å². The zero-order valence-electron chi connectivity index (χ0n) is 12.4. The molecule has 3 heteroatoms. The summed E-state index contributed by atoms with van der Waals surface area (Å²) in [7, 11) is 0. The molecule has 0 bridgehead atoms. The van der Waals surface area contributed by atoms with Crippen LogP contribution >= 0.6 is 0 Å². The van der Waals surface area contributed by atoms with Crippen LogP contribution < -0.4 is 0 Å². The Morgan fingerprint density at radius 1 is 0.773 bits per heavy atom. The van der Waals surface area contributed by atoms with Gasteiger partial charge in [-0.2, -0.15) is 0 Å². The van der Waals surface area contributed by atoms with Gasteiger partial charge in [-0.25, -0.2) is 8.78 Å². The molecule has 0 aliphatic heterocycles. The van der Waals surface area contributed by atoms with Crippen molar-refractivity contribution in [1.82, 2.24) is 4.98 Å². The largest absolute Gasteiger partial charge is 0.256 e. The molecule has 0 aliphatic carbocycles. The summed E-state index contributed by atoms with van der Waals surface area (Å²) in [5.74, 6) is -0.534. The Kier molecular flexibility index (Phi) is 3.72. The van der Waals surface area contributed by atoms with Gasteiger partial charge in [-0.05, 0) is 54.8 Å². The number of aromatic nitrogens is 1. The van der Waals surface area contributed by atoms with Gasteiger partial charge >= 0.3 is 0 Å². The Labute approximate surface area is 128 Å². The van der Waals surface area contributed by atoms with Crippen molar-refractivity contribution in [3.63, 3.8) is 0 Å². The number of aryl methyl sites for hydroxylation is 2. The highest BCUT2D eigenvalue weighted by Crippen LogP contribution is 2.25. The average Bonchev–Trinajstić information content (AvgIpc) is 2.50. The zero-order chi connectivity index (χ0) is 15.7. The van der Waals surface area contributed by atoms with E-state index in [1.165, 1.54) is 12.1 Å². The average molecular weight is 295 g/mol. The maximum atomic E-state index is 14.0. The Bertz CT molecular complexity index is 823. The number of benzene rings is 2. The number of hydrogen-bond donors (Lipinski definition) is 0. The van der Waals surface area contributed by atoms with E-state index in [1.807, 2.05) is 25.1 Å². The normalized spacial score (nSPS) is 10.7. The van der Waals surface area contributed by atoms with Gasteiger partial charge in [-0.1, -0.05) is 24.3 Å². The van der Waals surface area contributed by atoms with Gasteiger partial charge in [0.2, 0.25) is 0 Å². The molecular formula is C19H15F2N. The van der Waals surface area contributed by atoms with E-state index in [4.69, 9.17) is 0 Å². The van der Waals surface area contributed by atoms with E-state index in [2.05, 4.69) is 4.98 Å². The molecule has 0 radical (unpaired) electrons. The Balaban J connectivity index is 1.97. The number of hydrogen-bond acceptors (Lipinski definition) is 1. The van der Waals surface area contributed by atoms with E-state index in [9.17, 15) is 8.78 Å². The summed E-state index contributed by atoms with van der Waals surface area (Å²) in [6.07, 6.45) is 1.64. The van der Waals surface area contributed by atoms with Crippen molar-refractivity contribution >= 4 is 0 Å². The summed E-state index contributed by atoms with van der Waals surface area (Å²) < 4.78 is 27.6. The molecular weight excluding hydrogens is 280 g/mol. The summed E-state index contributed by atoms with van der Waals surface area (Å²) in [5.41, 5.74) is 4.06. The summed E-state index contributed by atoms with van der Waals surface area (Å²) >= 11 is 0. The summed E-state index contributed by atoms with van der Waals surface area (Å²) in [4.78, 5) is 4.31. The third kappa shape index (κ3) is 2.75. The lowest BCUT2D eigenvalue weighted by Crippen LogP contribution is -1.90. The topological polar surface area (TPSA) is 12.9 Å². The van der Waals surface area contributed by atoms with E-state index in [-0.39, 0.29) is 11.6 Å². The van der Waals surface area contributed by atoms with Crippen molar-refractivity contribution in [2.24, 2.45) is 0 Å². The minimum atomic E-state index is -0.290. The molecule has 3 rings (SSSR count). The molecule has 0 amide bonds. The molecule has 0 spiro atoms. The lowest BCUT2D eigenvalue weighted by molar-refractivity contribution is 0.619. The number of halogens is 2. The quantitative estimate of drug-likeness (QED) is 0.624. The summed E-state index contributed by atoms with van der Waals surface area (Å²) in [6, 6.07) is 13.7. The second kappa shape index (κ2) is 5.68. The minimum absolute atomic E-state index is 0.244. The van der Waals surface area contributed by atoms with Crippen LogP contribution in [0.5, 0.6) is 0 Å². The minimum Gasteiger partial charge on any atom is -0.256 e. The van der Waals surface area contributed by atoms with Gasteiger partial charge in [0.15, 0.2) is 0 Å². The molecule has 0 aliphatic rings. The zero-order valence-corrected chi connectivity index (χ0v) is 12.4. The third-order valence-corrected chi connectivity index (χ3v) is 3.67. The molecule has 1 aromatic heterocycles. The Morgan fingerprint density at radius 2 is 1.55 bits per heavy atom. The van der Waals surface area contributed by atoms with E-state index >= 15 is 0 Å². The predicted octanol–water partition coefficient (Wildman–Crippen LogP) is 5.31. The van der Waals surface area contributed by atoms with Crippen LogP contribution in [-0.4, -0.2) is 4.98 Å². The molecule has 0 N–H and O–H groups in total. The summed E-state index contributed by atoms with van der Waals surface area (Å²) in [5, 5.41) is 0. The molecule has 3 aromatic rings. The third-order valence-electron chi connectivity index (χ3n) is 3.67. The second-order valence-corrected chi connectivity index (χ2v) is 5.38. The monoisotopic (exact) mass is 295 g/mol. The van der Waals surface area contributed by atoms with Gasteiger partial charge in [-0.3, -0.25) is 4.98 Å². The van der Waals surface area contributed by atoms with Gasteiger partial charge in [0, 0.05) is 17.3 Å². The highest BCUT2D eigenvalue weighted by molar-refractivity contribution is 5.67. The van der Waals surface area contributed by atoms with Crippen LogP contribution in [0.4, 0.5) is 8.78 Å². The highest BCUT2D eigenvalue weighted by atomic mass is 19.1. The molecule has 0 unspecified atom stereocenters. The van der Waals surface area contributed by atoms with Crippen molar-refractivity contribution in [1.29, 1.82) is 0 Å². The van der Waals surface area contributed by atoms with Gasteiger partial charge < -0.3 is 0 Å². The lowest BCUT2D eigenvalue weighted by Gasteiger charge is -2.06. The number of rotatable bonds is 2. The number of pyridine rings is 1. The van der Waals surface area contributed by atoms with Gasteiger partial charge in [0.25, 0.3) is 0 Å².